The van der Waals surface area contributed by atoms with E-state index in [9.17, 15) is 19.7 Å². The van der Waals surface area contributed by atoms with Crippen LogP contribution >= 0.6 is 11.6 Å². The van der Waals surface area contributed by atoms with Crippen molar-refractivity contribution in [3.05, 3.63) is 33.3 Å². The van der Waals surface area contributed by atoms with Crippen LogP contribution in [0.3, 0.4) is 0 Å². The number of carbonyl (C=O) groups excluding carboxylic acids is 1. The van der Waals surface area contributed by atoms with Crippen molar-refractivity contribution in [1.29, 1.82) is 0 Å². The highest BCUT2D eigenvalue weighted by atomic mass is 35.5. The fourth-order valence-electron chi connectivity index (χ4n) is 1.93. The topological polar surface area (TPSA) is 101 Å². The Morgan fingerprint density at radius 1 is 1.53 bits per heavy atom. The van der Waals surface area contributed by atoms with Crippen LogP contribution in [-0.2, 0) is 9.59 Å². The molecule has 1 atom stereocenters. The fraction of sp³-hybridized carbons (Fsp3) is 0.273. The summed E-state index contributed by atoms with van der Waals surface area (Å²) in [5.74, 6) is -2.22. The highest BCUT2D eigenvalue weighted by Crippen LogP contribution is 2.32. The Balaban J connectivity index is 2.33. The lowest BCUT2D eigenvalue weighted by molar-refractivity contribution is -0.384. The molecule has 1 amide bonds. The van der Waals surface area contributed by atoms with Gasteiger partial charge in [0, 0.05) is 19.0 Å². The predicted octanol–water partition coefficient (Wildman–Crippen LogP) is 1.69. The first-order valence-electron chi connectivity index (χ1n) is 5.37. The van der Waals surface area contributed by atoms with Gasteiger partial charge < -0.3 is 10.0 Å². The van der Waals surface area contributed by atoms with E-state index in [2.05, 4.69) is 0 Å². The van der Waals surface area contributed by atoms with Gasteiger partial charge >= 0.3 is 5.97 Å². The van der Waals surface area contributed by atoms with Crippen LogP contribution in [0.5, 0.6) is 0 Å². The lowest BCUT2D eigenvalue weighted by Gasteiger charge is -2.15. The summed E-state index contributed by atoms with van der Waals surface area (Å²) in [6.07, 6.45) is -0.105. The number of anilines is 1. The molecule has 1 N–H and O–H groups in total. The normalized spacial score (nSPS) is 18.7. The van der Waals surface area contributed by atoms with E-state index < -0.39 is 16.8 Å². The molecule has 1 aliphatic rings. The lowest BCUT2D eigenvalue weighted by Crippen LogP contribution is -2.25. The highest BCUT2D eigenvalue weighted by molar-refractivity contribution is 6.32. The molecule has 1 unspecified atom stereocenters. The molecule has 7 nitrogen and oxygen atoms in total. The molecular weight excluding hydrogens is 276 g/mol. The molecule has 2 rings (SSSR count). The third-order valence-corrected chi connectivity index (χ3v) is 3.23. The van der Waals surface area contributed by atoms with E-state index >= 15 is 0 Å². The maximum atomic E-state index is 11.7. The molecule has 0 radical (unpaired) electrons. The standard InChI is InChI=1S/C11H9ClN2O5/c12-8-2-1-7(4-9(8)14(18)19)13-5-6(11(16)17)3-10(13)15/h1-2,4,6H,3,5H2,(H,16,17). The van der Waals surface area contributed by atoms with Gasteiger partial charge in [0.2, 0.25) is 5.91 Å². The van der Waals surface area contributed by atoms with Crippen LogP contribution in [0.4, 0.5) is 11.4 Å². The number of hydrogen-bond acceptors (Lipinski definition) is 4. The van der Waals surface area contributed by atoms with Crippen LogP contribution < -0.4 is 4.90 Å². The van der Waals surface area contributed by atoms with Crippen LogP contribution in [-0.4, -0.2) is 28.5 Å². The number of halogens is 1. The summed E-state index contributed by atoms with van der Waals surface area (Å²) in [7, 11) is 0. The van der Waals surface area contributed by atoms with Gasteiger partial charge in [0.05, 0.1) is 16.5 Å². The number of amides is 1. The SMILES string of the molecule is O=C(O)C1CC(=O)N(c2ccc(Cl)c([N+](=O)[O-])c2)C1. The zero-order valence-corrected chi connectivity index (χ0v) is 10.3. The summed E-state index contributed by atoms with van der Waals surface area (Å²) < 4.78 is 0. The first-order valence-corrected chi connectivity index (χ1v) is 5.75. The Morgan fingerprint density at radius 3 is 2.74 bits per heavy atom. The number of carboxylic acids is 1. The Hall–Kier alpha value is -2.15. The molecule has 1 fully saturated rings. The van der Waals surface area contributed by atoms with Gasteiger partial charge in [0.25, 0.3) is 5.69 Å². The monoisotopic (exact) mass is 284 g/mol. The Bertz CT molecular complexity index is 574. The quantitative estimate of drug-likeness (QED) is 0.672. The molecule has 1 aromatic carbocycles. The lowest BCUT2D eigenvalue weighted by atomic mass is 10.1. The molecule has 0 aromatic heterocycles. The smallest absolute Gasteiger partial charge is 0.308 e. The highest BCUT2D eigenvalue weighted by Gasteiger charge is 2.35. The van der Waals surface area contributed by atoms with E-state index in [1.54, 1.807) is 0 Å². The molecule has 1 aromatic rings. The van der Waals surface area contributed by atoms with Crippen LogP contribution in [0.1, 0.15) is 6.42 Å². The number of aliphatic carboxylic acids is 1. The van der Waals surface area contributed by atoms with Crippen LogP contribution in [0.25, 0.3) is 0 Å². The van der Waals surface area contributed by atoms with Crippen LogP contribution in [0.15, 0.2) is 18.2 Å². The third kappa shape index (κ3) is 2.50. The minimum atomic E-state index is -1.06. The van der Waals surface area contributed by atoms with E-state index in [0.29, 0.717) is 0 Å². The number of benzene rings is 1. The number of carbonyl (C=O) groups is 2. The van der Waals surface area contributed by atoms with Crippen LogP contribution in [0.2, 0.25) is 5.02 Å². The van der Waals surface area contributed by atoms with Crippen molar-refractivity contribution in [2.24, 2.45) is 5.92 Å². The molecule has 100 valence electrons. The Morgan fingerprint density at radius 2 is 2.21 bits per heavy atom. The van der Waals surface area contributed by atoms with E-state index in [-0.39, 0.29) is 35.3 Å². The van der Waals surface area contributed by atoms with Gasteiger partial charge in [-0.3, -0.25) is 19.7 Å². The van der Waals surface area contributed by atoms with Crippen molar-refractivity contribution in [2.75, 3.05) is 11.4 Å². The van der Waals surface area contributed by atoms with Crippen LogP contribution in [0, 0.1) is 16.0 Å². The number of rotatable bonds is 3. The minimum absolute atomic E-state index is 0.00690. The molecule has 0 spiro atoms. The van der Waals surface area contributed by atoms with Gasteiger partial charge in [0.15, 0.2) is 0 Å². The second-order valence-electron chi connectivity index (χ2n) is 4.14. The summed E-state index contributed by atoms with van der Waals surface area (Å²) in [6, 6.07) is 3.94. The Labute approximate surface area is 112 Å². The van der Waals surface area contributed by atoms with Gasteiger partial charge in [-0.2, -0.15) is 0 Å². The first-order chi connectivity index (χ1) is 8.90. The zero-order chi connectivity index (χ0) is 14.2. The molecule has 0 aliphatic carbocycles. The minimum Gasteiger partial charge on any atom is -0.481 e. The maximum Gasteiger partial charge on any atom is 0.308 e. The summed E-state index contributed by atoms with van der Waals surface area (Å²) in [5, 5.41) is 19.6. The molecule has 0 bridgehead atoms. The van der Waals surface area contributed by atoms with Crippen molar-refractivity contribution in [3.63, 3.8) is 0 Å². The van der Waals surface area contributed by atoms with E-state index in [1.807, 2.05) is 0 Å². The number of nitro groups is 1. The largest absolute Gasteiger partial charge is 0.481 e. The van der Waals surface area contributed by atoms with Crippen molar-refractivity contribution >= 4 is 34.9 Å². The van der Waals surface area contributed by atoms with Gasteiger partial charge in [-0.25, -0.2) is 0 Å². The molecule has 0 saturated carbocycles. The first kappa shape index (κ1) is 13.3. The Kier molecular flexibility index (Phi) is 3.39. The van der Waals surface area contributed by atoms with E-state index in [4.69, 9.17) is 16.7 Å². The zero-order valence-electron chi connectivity index (χ0n) is 9.58. The van der Waals surface area contributed by atoms with Crippen molar-refractivity contribution < 1.29 is 19.6 Å². The van der Waals surface area contributed by atoms with Gasteiger partial charge in [-0.15, -0.1) is 0 Å². The fourth-order valence-corrected chi connectivity index (χ4v) is 2.12. The molecule has 19 heavy (non-hydrogen) atoms. The second kappa shape index (κ2) is 4.85. The number of carboxylic acid groups (broad SMARTS) is 1. The molecule has 1 aliphatic heterocycles. The second-order valence-corrected chi connectivity index (χ2v) is 4.54. The summed E-state index contributed by atoms with van der Waals surface area (Å²) in [4.78, 5) is 33.9. The van der Waals surface area contributed by atoms with E-state index in [1.165, 1.54) is 23.1 Å². The van der Waals surface area contributed by atoms with Crippen molar-refractivity contribution in [1.82, 2.24) is 0 Å². The number of hydrogen-bond donors (Lipinski definition) is 1. The number of nitrogens with zero attached hydrogens (tertiary/aromatic N) is 2. The van der Waals surface area contributed by atoms with Gasteiger partial charge in [-0.1, -0.05) is 11.6 Å². The average molecular weight is 285 g/mol. The maximum absolute atomic E-state index is 11.7. The van der Waals surface area contributed by atoms with E-state index in [0.717, 1.165) is 0 Å². The summed E-state index contributed by atoms with van der Waals surface area (Å²) >= 11 is 5.67. The molecule has 1 saturated heterocycles. The summed E-state index contributed by atoms with van der Waals surface area (Å²) in [5.41, 5.74) is -0.0319. The summed E-state index contributed by atoms with van der Waals surface area (Å²) in [6.45, 7) is 0.00690. The predicted molar refractivity (Wildman–Crippen MR) is 66.2 cm³/mol. The third-order valence-electron chi connectivity index (χ3n) is 2.91. The van der Waals surface area contributed by atoms with Gasteiger partial charge in [0.1, 0.15) is 5.02 Å². The molecule has 1 heterocycles. The van der Waals surface area contributed by atoms with Gasteiger partial charge in [-0.05, 0) is 12.1 Å². The van der Waals surface area contributed by atoms with Crippen molar-refractivity contribution in [2.45, 2.75) is 6.42 Å². The number of nitro benzene ring substituents is 1. The molecular formula is C11H9ClN2O5. The van der Waals surface area contributed by atoms with Crippen molar-refractivity contribution in [3.8, 4) is 0 Å². The molecule has 8 heteroatoms. The average Bonchev–Trinajstić information content (AvgIpc) is 2.72.